The molecule has 200 valence electrons. The summed E-state index contributed by atoms with van der Waals surface area (Å²) < 4.78 is 59.2. The molecule has 0 radical (unpaired) electrons. The number of aliphatic hydroxyl groups excluding tert-OH is 1. The van der Waals surface area contributed by atoms with Gasteiger partial charge in [-0.15, -0.1) is 0 Å². The molecule has 0 spiro atoms. The van der Waals surface area contributed by atoms with Gasteiger partial charge in [-0.05, 0) is 31.0 Å². The lowest BCUT2D eigenvalue weighted by Gasteiger charge is -2.29. The highest BCUT2D eigenvalue weighted by molar-refractivity contribution is 5.92. The number of halogens is 3. The first-order valence-electron chi connectivity index (χ1n) is 11.5. The van der Waals surface area contributed by atoms with Crippen molar-refractivity contribution in [2.75, 3.05) is 45.8 Å². The first-order chi connectivity index (χ1) is 18.1. The number of hydrogen-bond acceptors (Lipinski definition) is 8. The van der Waals surface area contributed by atoms with Crippen molar-refractivity contribution in [2.45, 2.75) is 19.0 Å². The van der Waals surface area contributed by atoms with E-state index in [1.54, 1.807) is 31.0 Å². The van der Waals surface area contributed by atoms with Crippen LogP contribution in [0.1, 0.15) is 17.0 Å². The number of nitrogens with one attached hydrogen (secondary N) is 1. The number of alkyl halides is 2. The first-order valence-corrected chi connectivity index (χ1v) is 11.5. The van der Waals surface area contributed by atoms with Gasteiger partial charge in [0.05, 0.1) is 23.8 Å². The van der Waals surface area contributed by atoms with Gasteiger partial charge in [-0.25, -0.2) is 14.4 Å². The Morgan fingerprint density at radius 1 is 1.29 bits per heavy atom. The number of methoxy groups -OCH3 is 1. The van der Waals surface area contributed by atoms with Gasteiger partial charge in [-0.2, -0.15) is 8.78 Å². The zero-order chi connectivity index (χ0) is 27.4. The third kappa shape index (κ3) is 5.74. The summed E-state index contributed by atoms with van der Waals surface area (Å²) in [5.41, 5.74) is -0.706. The van der Waals surface area contributed by atoms with Crippen molar-refractivity contribution >= 4 is 22.6 Å². The van der Waals surface area contributed by atoms with E-state index in [0.717, 1.165) is 6.07 Å². The van der Waals surface area contributed by atoms with Gasteiger partial charge >= 0.3 is 0 Å². The average molecular weight is 531 g/mol. The molecule has 1 fully saturated rings. The van der Waals surface area contributed by atoms with Gasteiger partial charge in [0, 0.05) is 31.1 Å². The van der Waals surface area contributed by atoms with Crippen LogP contribution in [-0.4, -0.2) is 72.5 Å². The van der Waals surface area contributed by atoms with E-state index in [1.807, 2.05) is 0 Å². The van der Waals surface area contributed by atoms with Gasteiger partial charge in [0.15, 0.2) is 11.5 Å². The van der Waals surface area contributed by atoms with Gasteiger partial charge in [-0.3, -0.25) is 10.1 Å². The highest BCUT2D eigenvalue weighted by Gasteiger charge is 2.34. The zero-order valence-electron chi connectivity index (χ0n) is 20.8. The summed E-state index contributed by atoms with van der Waals surface area (Å²) in [5.74, 6) is -1.11. The lowest BCUT2D eigenvalue weighted by atomic mass is 10.0. The van der Waals surface area contributed by atoms with Gasteiger partial charge in [0.2, 0.25) is 5.91 Å². The van der Waals surface area contributed by atoms with E-state index in [0.29, 0.717) is 34.8 Å². The van der Waals surface area contributed by atoms with Crippen molar-refractivity contribution in [3.8, 4) is 23.5 Å². The molecule has 12 heteroatoms. The van der Waals surface area contributed by atoms with Crippen molar-refractivity contribution in [2.24, 2.45) is 0 Å². The molecule has 4 rings (SSSR count). The number of fused-ring (bicyclic) bond motifs is 1. The molecule has 0 unspecified atom stereocenters. The number of aromatic nitrogens is 2. The van der Waals surface area contributed by atoms with Crippen molar-refractivity contribution in [1.82, 2.24) is 14.9 Å². The molecule has 1 aliphatic heterocycles. The van der Waals surface area contributed by atoms with Crippen LogP contribution in [-0.2, 0) is 15.5 Å². The summed E-state index contributed by atoms with van der Waals surface area (Å²) in [4.78, 5) is 22.0. The number of benzene rings is 2. The van der Waals surface area contributed by atoms with Gasteiger partial charge in [0.25, 0.3) is 5.92 Å². The number of carbonyl (C=O) groups is 1. The molecule has 2 aromatic carbocycles. The van der Waals surface area contributed by atoms with E-state index < -0.39 is 23.9 Å². The number of hydrogen-bond donors (Lipinski definition) is 2. The van der Waals surface area contributed by atoms with Crippen LogP contribution >= 0.6 is 0 Å². The summed E-state index contributed by atoms with van der Waals surface area (Å²) >= 11 is 0. The number of aliphatic hydroxyl groups is 1. The van der Waals surface area contributed by atoms with Crippen LogP contribution in [0.25, 0.3) is 10.9 Å². The van der Waals surface area contributed by atoms with Crippen LogP contribution in [0.2, 0.25) is 0 Å². The molecule has 0 bridgehead atoms. The minimum Gasteiger partial charge on any atom is -0.493 e. The minimum absolute atomic E-state index is 0.0274. The molecule has 0 aliphatic carbocycles. The number of carbonyl (C=O) groups excluding carboxylic acids is 1. The topological polar surface area (TPSA) is 106 Å². The Balaban J connectivity index is 1.61. The number of morpholine rings is 1. The molecular formula is C26H25F3N4O5. The summed E-state index contributed by atoms with van der Waals surface area (Å²) in [5, 5.41) is 12.2. The standard InChI is InChI=1S/C26H25F3N4O5/c1-15-31-20-10-21(36-3)22(38-12-17-11-33(2)23(35)13-37-17)9-18(20)25(32-15)30-8-7-16-5-4-6-19(24(16)27)26(28,29)14-34/h4-6,9-10,17,34H,11-14H2,1-3H3,(H,30,31,32)/t17-/m0/s1. The highest BCUT2D eigenvalue weighted by atomic mass is 19.3. The fraction of sp³-hybridized carbons (Fsp3) is 0.346. The molecular weight excluding hydrogens is 505 g/mol. The van der Waals surface area contributed by atoms with Crippen LogP contribution in [0, 0.1) is 24.7 Å². The van der Waals surface area contributed by atoms with Crippen LogP contribution in [0.4, 0.5) is 19.0 Å². The number of amides is 1. The first kappa shape index (κ1) is 27.0. The quantitative estimate of drug-likeness (QED) is 0.355. The summed E-state index contributed by atoms with van der Waals surface area (Å²) in [6.45, 7) is 0.652. The predicted molar refractivity (Wildman–Crippen MR) is 132 cm³/mol. The molecule has 2 heterocycles. The maximum atomic E-state index is 14.6. The Labute approximate surface area is 216 Å². The molecule has 38 heavy (non-hydrogen) atoms. The van der Waals surface area contributed by atoms with E-state index >= 15 is 0 Å². The van der Waals surface area contributed by atoms with Crippen molar-refractivity contribution in [3.05, 3.63) is 53.1 Å². The summed E-state index contributed by atoms with van der Waals surface area (Å²) in [6, 6.07) is 9.24. The molecule has 0 saturated carbocycles. The number of rotatable bonds is 7. The normalized spacial score (nSPS) is 15.7. The Hall–Kier alpha value is -4.08. The Bertz CT molecular complexity index is 1420. The second-order valence-corrected chi connectivity index (χ2v) is 8.56. The smallest absolute Gasteiger partial charge is 0.298 e. The molecule has 1 aliphatic rings. The fourth-order valence-electron chi connectivity index (χ4n) is 3.82. The number of anilines is 1. The maximum Gasteiger partial charge on any atom is 0.298 e. The van der Waals surface area contributed by atoms with E-state index in [1.165, 1.54) is 19.2 Å². The lowest BCUT2D eigenvalue weighted by molar-refractivity contribution is -0.148. The Morgan fingerprint density at radius 2 is 2.08 bits per heavy atom. The van der Waals surface area contributed by atoms with Crippen LogP contribution in [0.5, 0.6) is 11.5 Å². The second kappa shape index (κ2) is 11.1. The molecule has 2 N–H and O–H groups in total. The third-order valence-electron chi connectivity index (χ3n) is 5.83. The largest absolute Gasteiger partial charge is 0.493 e. The molecule has 1 amide bonds. The predicted octanol–water partition coefficient (Wildman–Crippen LogP) is 2.83. The number of ether oxygens (including phenoxy) is 3. The molecule has 3 aromatic rings. The van der Waals surface area contributed by atoms with Gasteiger partial charge in [-0.1, -0.05) is 6.07 Å². The van der Waals surface area contributed by atoms with Crippen molar-refractivity contribution in [3.63, 3.8) is 0 Å². The van der Waals surface area contributed by atoms with Crippen LogP contribution in [0.3, 0.4) is 0 Å². The third-order valence-corrected chi connectivity index (χ3v) is 5.83. The SMILES string of the molecule is COc1cc2nc(C)nc(NC#Cc3cccc(C(F)(F)CO)c3F)c2cc1OC[C@@H]1CN(C)C(=O)CO1. The van der Waals surface area contributed by atoms with Crippen molar-refractivity contribution < 1.29 is 37.3 Å². The van der Waals surface area contributed by atoms with E-state index in [-0.39, 0.29) is 36.6 Å². The highest BCUT2D eigenvalue weighted by Crippen LogP contribution is 2.35. The molecule has 9 nitrogen and oxygen atoms in total. The zero-order valence-corrected chi connectivity index (χ0v) is 20.8. The number of aryl methyl sites for hydroxylation is 1. The van der Waals surface area contributed by atoms with Gasteiger partial charge < -0.3 is 24.2 Å². The summed E-state index contributed by atoms with van der Waals surface area (Å²) in [6.07, 6.45) is -0.334. The number of nitrogens with zero attached hydrogens (tertiary/aromatic N) is 3. The fourth-order valence-corrected chi connectivity index (χ4v) is 3.82. The Morgan fingerprint density at radius 3 is 2.79 bits per heavy atom. The second-order valence-electron chi connectivity index (χ2n) is 8.56. The van der Waals surface area contributed by atoms with E-state index in [9.17, 15) is 18.0 Å². The van der Waals surface area contributed by atoms with Gasteiger partial charge in [0.1, 0.15) is 43.4 Å². The molecule has 1 aromatic heterocycles. The minimum atomic E-state index is -3.74. The monoisotopic (exact) mass is 530 g/mol. The van der Waals surface area contributed by atoms with E-state index in [2.05, 4.69) is 27.2 Å². The maximum absolute atomic E-state index is 14.6. The Kier molecular flexibility index (Phi) is 7.89. The summed E-state index contributed by atoms with van der Waals surface area (Å²) in [7, 11) is 3.17. The average Bonchev–Trinajstić information content (AvgIpc) is 2.89. The van der Waals surface area contributed by atoms with Crippen LogP contribution in [0.15, 0.2) is 30.3 Å². The molecule has 1 atom stereocenters. The lowest BCUT2D eigenvalue weighted by Crippen LogP contribution is -2.46. The van der Waals surface area contributed by atoms with Crippen molar-refractivity contribution in [1.29, 1.82) is 0 Å². The molecule has 1 saturated heterocycles. The number of likely N-dealkylation sites (N-methyl/N-ethyl adjacent to an activating group) is 1. The van der Waals surface area contributed by atoms with E-state index in [4.69, 9.17) is 19.3 Å². The van der Waals surface area contributed by atoms with Crippen LogP contribution < -0.4 is 14.8 Å².